The van der Waals surface area contributed by atoms with Crippen molar-refractivity contribution in [2.75, 3.05) is 45.8 Å². The van der Waals surface area contributed by atoms with Crippen molar-refractivity contribution in [2.45, 2.75) is 44.3 Å². The minimum absolute atomic E-state index is 0.0747. The first-order chi connectivity index (χ1) is 12.8. The van der Waals surface area contributed by atoms with Crippen molar-refractivity contribution in [3.05, 3.63) is 35.9 Å². The summed E-state index contributed by atoms with van der Waals surface area (Å²) < 4.78 is 0. The molecule has 3 fully saturated rings. The lowest BCUT2D eigenvalue weighted by Gasteiger charge is -2.37. The minimum Gasteiger partial charge on any atom is -0.340 e. The van der Waals surface area contributed by atoms with E-state index in [4.69, 9.17) is 0 Å². The molecule has 2 atom stereocenters. The molecule has 3 heterocycles. The van der Waals surface area contributed by atoms with Crippen molar-refractivity contribution in [3.8, 4) is 0 Å². The van der Waals surface area contributed by atoms with Crippen LogP contribution in [-0.2, 0) is 11.3 Å². The van der Waals surface area contributed by atoms with Crippen LogP contribution in [0.4, 0.5) is 0 Å². The first-order valence-corrected chi connectivity index (χ1v) is 10.3. The van der Waals surface area contributed by atoms with E-state index in [-0.39, 0.29) is 6.04 Å². The zero-order chi connectivity index (χ0) is 17.8. The van der Waals surface area contributed by atoms with Crippen molar-refractivity contribution in [3.63, 3.8) is 0 Å². The second-order valence-corrected chi connectivity index (χ2v) is 7.98. The Labute approximate surface area is 157 Å². The second kappa shape index (κ2) is 8.51. The standard InChI is InChI=1S/C21H32N4O/c26-21(25-13-9-19(17-25)23-14-10-22-11-15-23)20-8-4-5-12-24(20)16-18-6-2-1-3-7-18/h1-3,6-7,19-20,22H,4-5,8-17H2. The molecule has 1 aromatic rings. The molecule has 0 bridgehead atoms. The highest BCUT2D eigenvalue weighted by Gasteiger charge is 2.36. The molecule has 142 valence electrons. The molecule has 0 radical (unpaired) electrons. The van der Waals surface area contributed by atoms with E-state index in [1.54, 1.807) is 0 Å². The Morgan fingerprint density at radius 2 is 1.81 bits per heavy atom. The van der Waals surface area contributed by atoms with Crippen LogP contribution >= 0.6 is 0 Å². The average Bonchev–Trinajstić information content (AvgIpc) is 3.20. The van der Waals surface area contributed by atoms with Crippen molar-refractivity contribution < 1.29 is 4.79 Å². The Hall–Kier alpha value is -1.43. The molecule has 5 heteroatoms. The van der Waals surface area contributed by atoms with Gasteiger partial charge < -0.3 is 10.2 Å². The molecule has 1 amide bonds. The van der Waals surface area contributed by atoms with Crippen molar-refractivity contribution in [1.82, 2.24) is 20.0 Å². The largest absolute Gasteiger partial charge is 0.340 e. The van der Waals surface area contributed by atoms with Gasteiger partial charge in [-0.25, -0.2) is 0 Å². The lowest BCUT2D eigenvalue weighted by atomic mass is 10.00. The van der Waals surface area contributed by atoms with Gasteiger partial charge in [0.1, 0.15) is 0 Å². The molecule has 26 heavy (non-hydrogen) atoms. The second-order valence-electron chi connectivity index (χ2n) is 7.98. The van der Waals surface area contributed by atoms with E-state index in [2.05, 4.69) is 50.3 Å². The average molecular weight is 357 g/mol. The monoisotopic (exact) mass is 356 g/mol. The van der Waals surface area contributed by atoms with Gasteiger partial charge in [-0.3, -0.25) is 14.6 Å². The van der Waals surface area contributed by atoms with Gasteiger partial charge in [0.05, 0.1) is 6.04 Å². The SMILES string of the molecule is O=C(C1CCCCN1Cc1ccccc1)N1CCC(N2CCNCC2)C1. The van der Waals surface area contributed by atoms with Gasteiger partial charge in [-0.05, 0) is 31.4 Å². The molecule has 0 spiro atoms. The lowest BCUT2D eigenvalue weighted by Crippen LogP contribution is -2.52. The van der Waals surface area contributed by atoms with Gasteiger partial charge in [0.2, 0.25) is 5.91 Å². The van der Waals surface area contributed by atoms with Crippen LogP contribution in [0, 0.1) is 0 Å². The number of carbonyl (C=O) groups is 1. The summed E-state index contributed by atoms with van der Waals surface area (Å²) in [6.45, 7) is 8.20. The van der Waals surface area contributed by atoms with E-state index in [0.29, 0.717) is 11.9 Å². The summed E-state index contributed by atoms with van der Waals surface area (Å²) >= 11 is 0. The molecule has 0 aliphatic carbocycles. The van der Waals surface area contributed by atoms with Gasteiger partial charge in [0, 0.05) is 51.9 Å². The number of hydrogen-bond acceptors (Lipinski definition) is 4. The fraction of sp³-hybridized carbons (Fsp3) is 0.667. The summed E-state index contributed by atoms with van der Waals surface area (Å²) in [5, 5.41) is 3.42. The Balaban J connectivity index is 1.37. The summed E-state index contributed by atoms with van der Waals surface area (Å²) in [5.41, 5.74) is 1.31. The molecule has 0 aromatic heterocycles. The number of nitrogens with one attached hydrogen (secondary N) is 1. The van der Waals surface area contributed by atoms with E-state index in [1.165, 1.54) is 18.4 Å². The summed E-state index contributed by atoms with van der Waals surface area (Å²) in [6.07, 6.45) is 4.54. The summed E-state index contributed by atoms with van der Waals surface area (Å²) in [5.74, 6) is 0.373. The highest BCUT2D eigenvalue weighted by Crippen LogP contribution is 2.24. The zero-order valence-corrected chi connectivity index (χ0v) is 15.8. The molecule has 2 unspecified atom stereocenters. The number of nitrogens with zero attached hydrogens (tertiary/aromatic N) is 3. The molecular weight excluding hydrogens is 324 g/mol. The topological polar surface area (TPSA) is 38.8 Å². The summed E-state index contributed by atoms with van der Waals surface area (Å²) in [4.78, 5) is 20.4. The maximum Gasteiger partial charge on any atom is 0.239 e. The number of amides is 1. The predicted octanol–water partition coefficient (Wildman–Crippen LogP) is 1.55. The van der Waals surface area contributed by atoms with Crippen LogP contribution in [0.1, 0.15) is 31.2 Å². The van der Waals surface area contributed by atoms with E-state index in [0.717, 1.165) is 65.2 Å². The molecule has 1 aromatic carbocycles. The minimum atomic E-state index is 0.0747. The third kappa shape index (κ3) is 4.11. The van der Waals surface area contributed by atoms with E-state index in [1.807, 2.05) is 0 Å². The molecule has 3 aliphatic rings. The van der Waals surface area contributed by atoms with Gasteiger partial charge in [-0.15, -0.1) is 0 Å². The Bertz CT molecular complexity index is 587. The maximum absolute atomic E-state index is 13.3. The van der Waals surface area contributed by atoms with Crippen LogP contribution in [0.25, 0.3) is 0 Å². The normalized spacial score (nSPS) is 28.4. The third-order valence-electron chi connectivity index (χ3n) is 6.27. The number of rotatable bonds is 4. The van der Waals surface area contributed by atoms with E-state index in [9.17, 15) is 4.79 Å². The van der Waals surface area contributed by atoms with Gasteiger partial charge in [0.25, 0.3) is 0 Å². The van der Waals surface area contributed by atoms with Crippen molar-refractivity contribution in [2.24, 2.45) is 0 Å². The molecule has 3 aliphatic heterocycles. The molecule has 3 saturated heterocycles. The Morgan fingerprint density at radius 3 is 2.62 bits per heavy atom. The Kier molecular flexibility index (Phi) is 5.88. The molecule has 1 N–H and O–H groups in total. The highest BCUT2D eigenvalue weighted by atomic mass is 16.2. The molecule has 4 rings (SSSR count). The lowest BCUT2D eigenvalue weighted by molar-refractivity contribution is -0.137. The fourth-order valence-corrected chi connectivity index (χ4v) is 4.78. The summed E-state index contributed by atoms with van der Waals surface area (Å²) in [7, 11) is 0. The molecular formula is C21H32N4O. The number of hydrogen-bond donors (Lipinski definition) is 1. The van der Waals surface area contributed by atoms with Gasteiger partial charge >= 0.3 is 0 Å². The van der Waals surface area contributed by atoms with Gasteiger partial charge in [-0.1, -0.05) is 36.8 Å². The zero-order valence-electron chi connectivity index (χ0n) is 15.8. The number of likely N-dealkylation sites (tertiary alicyclic amines) is 2. The van der Waals surface area contributed by atoms with Crippen LogP contribution in [0.15, 0.2) is 30.3 Å². The number of benzene rings is 1. The summed E-state index contributed by atoms with van der Waals surface area (Å²) in [6, 6.07) is 11.2. The van der Waals surface area contributed by atoms with E-state index >= 15 is 0 Å². The quantitative estimate of drug-likeness (QED) is 0.888. The number of piperazine rings is 1. The predicted molar refractivity (Wildman–Crippen MR) is 104 cm³/mol. The van der Waals surface area contributed by atoms with Gasteiger partial charge in [0.15, 0.2) is 0 Å². The Morgan fingerprint density at radius 1 is 1.00 bits per heavy atom. The third-order valence-corrected chi connectivity index (χ3v) is 6.27. The van der Waals surface area contributed by atoms with Crippen LogP contribution in [0.2, 0.25) is 0 Å². The van der Waals surface area contributed by atoms with Crippen LogP contribution in [0.5, 0.6) is 0 Å². The van der Waals surface area contributed by atoms with Crippen LogP contribution in [-0.4, -0.2) is 78.5 Å². The smallest absolute Gasteiger partial charge is 0.239 e. The first kappa shape index (κ1) is 18.0. The molecule has 5 nitrogen and oxygen atoms in total. The first-order valence-electron chi connectivity index (χ1n) is 10.3. The maximum atomic E-state index is 13.3. The number of piperidine rings is 1. The van der Waals surface area contributed by atoms with Crippen molar-refractivity contribution >= 4 is 5.91 Å². The molecule has 0 saturated carbocycles. The van der Waals surface area contributed by atoms with Crippen molar-refractivity contribution in [1.29, 1.82) is 0 Å². The van der Waals surface area contributed by atoms with E-state index < -0.39 is 0 Å². The highest BCUT2D eigenvalue weighted by molar-refractivity contribution is 5.82. The fourth-order valence-electron chi connectivity index (χ4n) is 4.78. The number of carbonyl (C=O) groups excluding carboxylic acids is 1. The van der Waals surface area contributed by atoms with Crippen LogP contribution in [0.3, 0.4) is 0 Å². The van der Waals surface area contributed by atoms with Gasteiger partial charge in [-0.2, -0.15) is 0 Å². The van der Waals surface area contributed by atoms with Crippen LogP contribution < -0.4 is 5.32 Å².